The number of hydrogen-bond acceptors (Lipinski definition) is 2. The van der Waals surface area contributed by atoms with Gasteiger partial charge in [-0.25, -0.2) is 0 Å². The summed E-state index contributed by atoms with van der Waals surface area (Å²) >= 11 is 0. The summed E-state index contributed by atoms with van der Waals surface area (Å²) in [4.78, 5) is 4.61. The van der Waals surface area contributed by atoms with Crippen LogP contribution in [0.3, 0.4) is 0 Å². The summed E-state index contributed by atoms with van der Waals surface area (Å²) in [7, 11) is 0. The smallest absolute Gasteiger partial charge is 0.0702 e. The normalized spacial score (nSPS) is 35.6. The number of hydrogen-bond donors (Lipinski definition) is 1. The molecular formula is C21H26N2. The predicted octanol–water partition coefficient (Wildman–Crippen LogP) is 4.54. The molecule has 1 heterocycles. The van der Waals surface area contributed by atoms with Gasteiger partial charge in [0.25, 0.3) is 0 Å². The fourth-order valence-electron chi connectivity index (χ4n) is 5.84. The maximum atomic E-state index is 4.61. The predicted molar refractivity (Wildman–Crippen MR) is 94.0 cm³/mol. The first-order valence-electron chi connectivity index (χ1n) is 9.44. The Labute approximate surface area is 138 Å². The molecule has 0 aliphatic heterocycles. The fourth-order valence-corrected chi connectivity index (χ4v) is 5.84. The van der Waals surface area contributed by atoms with E-state index in [1.165, 1.54) is 49.5 Å². The van der Waals surface area contributed by atoms with Crippen LogP contribution in [-0.4, -0.2) is 11.0 Å². The summed E-state index contributed by atoms with van der Waals surface area (Å²) in [5, 5.41) is 5.20. The number of rotatable bonds is 3. The molecular weight excluding hydrogens is 280 g/mol. The number of nitrogens with one attached hydrogen (secondary N) is 1. The van der Waals surface area contributed by atoms with E-state index in [4.69, 9.17) is 0 Å². The third kappa shape index (κ3) is 2.48. The average Bonchev–Trinajstić information content (AvgIpc) is 2.82. The minimum atomic E-state index is 0.753. The van der Waals surface area contributed by atoms with E-state index in [0.717, 1.165) is 41.8 Å². The first-order chi connectivity index (χ1) is 11.4. The van der Waals surface area contributed by atoms with E-state index in [-0.39, 0.29) is 0 Å². The summed E-state index contributed by atoms with van der Waals surface area (Å²) in [5.74, 6) is 3.99. The van der Waals surface area contributed by atoms with Crippen LogP contribution in [0.25, 0.3) is 10.9 Å². The molecule has 0 spiro atoms. The second-order valence-electron chi connectivity index (χ2n) is 8.12. The minimum absolute atomic E-state index is 0.753. The van der Waals surface area contributed by atoms with Crippen molar-refractivity contribution < 1.29 is 0 Å². The van der Waals surface area contributed by atoms with Gasteiger partial charge in [-0.15, -0.1) is 0 Å². The molecule has 0 amide bonds. The van der Waals surface area contributed by atoms with E-state index in [2.05, 4.69) is 46.8 Å². The molecule has 1 aromatic carbocycles. The molecule has 120 valence electrons. The average molecular weight is 306 g/mol. The molecule has 0 saturated heterocycles. The standard InChI is InChI=1S/C21H26N2/c1-2-7-20-16(4-1)8-14(12-22-20)13-23-21-17-6-3-5-15-9-19(21)11-18(15)10-17/h1-2,4,7-8,12,15,17-19,21,23H,3,5-6,9-11,13H2. The van der Waals surface area contributed by atoms with Gasteiger partial charge in [-0.05, 0) is 67.1 Å². The molecule has 3 saturated carbocycles. The van der Waals surface area contributed by atoms with Crippen LogP contribution in [-0.2, 0) is 6.54 Å². The Morgan fingerprint density at radius 1 is 0.957 bits per heavy atom. The van der Waals surface area contributed by atoms with Gasteiger partial charge in [-0.1, -0.05) is 31.0 Å². The van der Waals surface area contributed by atoms with Gasteiger partial charge in [0.15, 0.2) is 0 Å². The third-order valence-electron chi connectivity index (χ3n) is 6.84. The molecule has 5 unspecified atom stereocenters. The third-order valence-corrected chi connectivity index (χ3v) is 6.84. The quantitative estimate of drug-likeness (QED) is 0.900. The minimum Gasteiger partial charge on any atom is -0.309 e. The summed E-state index contributed by atoms with van der Waals surface area (Å²) in [6.45, 7) is 0.977. The topological polar surface area (TPSA) is 24.9 Å². The van der Waals surface area contributed by atoms with Crippen LogP contribution >= 0.6 is 0 Å². The van der Waals surface area contributed by atoms with Gasteiger partial charge in [-0.2, -0.15) is 0 Å². The molecule has 3 aliphatic rings. The van der Waals surface area contributed by atoms with Crippen molar-refractivity contribution in [2.75, 3.05) is 0 Å². The van der Waals surface area contributed by atoms with Crippen molar-refractivity contribution >= 4 is 10.9 Å². The van der Waals surface area contributed by atoms with Crippen LogP contribution in [0.1, 0.15) is 44.1 Å². The lowest BCUT2D eigenvalue weighted by Gasteiger charge is -2.37. The Kier molecular flexibility index (Phi) is 3.40. The summed E-state index contributed by atoms with van der Waals surface area (Å²) < 4.78 is 0. The number of fused-ring (bicyclic) bond motifs is 3. The van der Waals surface area contributed by atoms with Crippen molar-refractivity contribution in [1.82, 2.24) is 10.3 Å². The molecule has 1 N–H and O–H groups in total. The van der Waals surface area contributed by atoms with E-state index in [1.54, 1.807) is 0 Å². The maximum Gasteiger partial charge on any atom is 0.0702 e. The first-order valence-corrected chi connectivity index (χ1v) is 9.44. The molecule has 3 fully saturated rings. The molecule has 5 atom stereocenters. The zero-order chi connectivity index (χ0) is 15.2. The lowest BCUT2D eigenvalue weighted by Crippen LogP contribution is -2.43. The van der Waals surface area contributed by atoms with Crippen molar-refractivity contribution in [1.29, 1.82) is 0 Å². The number of pyridine rings is 1. The van der Waals surface area contributed by atoms with E-state index >= 15 is 0 Å². The molecule has 5 rings (SSSR count). The maximum absolute atomic E-state index is 4.61. The van der Waals surface area contributed by atoms with Crippen LogP contribution in [0.4, 0.5) is 0 Å². The molecule has 2 heteroatoms. The highest BCUT2D eigenvalue weighted by Crippen LogP contribution is 2.53. The summed E-state index contributed by atoms with van der Waals surface area (Å²) in [6.07, 6.45) is 11.0. The van der Waals surface area contributed by atoms with Crippen LogP contribution in [0, 0.1) is 23.7 Å². The summed E-state index contributed by atoms with van der Waals surface area (Å²) in [5.41, 5.74) is 2.43. The van der Waals surface area contributed by atoms with Crippen molar-refractivity contribution in [2.45, 2.75) is 51.1 Å². The van der Waals surface area contributed by atoms with E-state index < -0.39 is 0 Å². The van der Waals surface area contributed by atoms with Gasteiger partial charge in [0, 0.05) is 24.2 Å². The zero-order valence-corrected chi connectivity index (χ0v) is 13.7. The molecule has 3 aliphatic carbocycles. The van der Waals surface area contributed by atoms with Crippen molar-refractivity contribution in [2.24, 2.45) is 23.7 Å². The Balaban J connectivity index is 1.33. The van der Waals surface area contributed by atoms with Crippen LogP contribution < -0.4 is 5.32 Å². The van der Waals surface area contributed by atoms with Crippen LogP contribution in [0.15, 0.2) is 36.5 Å². The number of nitrogens with zero attached hydrogens (tertiary/aromatic N) is 1. The largest absolute Gasteiger partial charge is 0.309 e. The van der Waals surface area contributed by atoms with Gasteiger partial charge in [0.05, 0.1) is 5.52 Å². The Morgan fingerprint density at radius 2 is 1.78 bits per heavy atom. The van der Waals surface area contributed by atoms with Gasteiger partial charge < -0.3 is 5.32 Å². The fraction of sp³-hybridized carbons (Fsp3) is 0.571. The van der Waals surface area contributed by atoms with Crippen LogP contribution in [0.5, 0.6) is 0 Å². The van der Waals surface area contributed by atoms with E-state index in [9.17, 15) is 0 Å². The van der Waals surface area contributed by atoms with Crippen molar-refractivity contribution in [3.63, 3.8) is 0 Å². The molecule has 0 radical (unpaired) electrons. The molecule has 3 bridgehead atoms. The van der Waals surface area contributed by atoms with Crippen molar-refractivity contribution in [3.8, 4) is 0 Å². The lowest BCUT2D eigenvalue weighted by atomic mass is 9.75. The number of aromatic nitrogens is 1. The van der Waals surface area contributed by atoms with Crippen LogP contribution in [0.2, 0.25) is 0 Å². The Bertz CT molecular complexity index is 710. The highest BCUT2D eigenvalue weighted by atomic mass is 14.9. The van der Waals surface area contributed by atoms with Gasteiger partial charge in [-0.3, -0.25) is 4.98 Å². The second-order valence-corrected chi connectivity index (χ2v) is 8.12. The first kappa shape index (κ1) is 14.0. The van der Waals surface area contributed by atoms with E-state index in [0.29, 0.717) is 0 Å². The van der Waals surface area contributed by atoms with Crippen molar-refractivity contribution in [3.05, 3.63) is 42.1 Å². The molecule has 2 aromatic rings. The van der Waals surface area contributed by atoms with E-state index in [1.807, 2.05) is 0 Å². The van der Waals surface area contributed by atoms with Gasteiger partial charge in [0.1, 0.15) is 0 Å². The van der Waals surface area contributed by atoms with Gasteiger partial charge in [0.2, 0.25) is 0 Å². The number of benzene rings is 1. The molecule has 23 heavy (non-hydrogen) atoms. The molecule has 1 aromatic heterocycles. The van der Waals surface area contributed by atoms with Gasteiger partial charge >= 0.3 is 0 Å². The lowest BCUT2D eigenvalue weighted by molar-refractivity contribution is 0.177. The Morgan fingerprint density at radius 3 is 2.78 bits per heavy atom. The number of para-hydroxylation sites is 1. The highest BCUT2D eigenvalue weighted by molar-refractivity contribution is 5.78. The monoisotopic (exact) mass is 306 g/mol. The second kappa shape index (κ2) is 5.59. The molecule has 2 nitrogen and oxygen atoms in total. The summed E-state index contributed by atoms with van der Waals surface area (Å²) in [6, 6.07) is 11.5. The Hall–Kier alpha value is -1.41. The highest BCUT2D eigenvalue weighted by Gasteiger charge is 2.47. The zero-order valence-electron chi connectivity index (χ0n) is 13.7. The SMILES string of the molecule is c1ccc2ncc(CNC3C4CCCC5CC3CC5C4)cc2c1.